The molecule has 2 aromatic carbocycles. The van der Waals surface area contributed by atoms with Crippen LogP contribution in [0.4, 0.5) is 5.69 Å². The Morgan fingerprint density at radius 2 is 1.59 bits per heavy atom. The molecule has 0 saturated carbocycles. The molecule has 1 amide bonds. The molecule has 3 aromatic rings. The molecule has 190 valence electrons. The number of hydrogen-bond donors (Lipinski definition) is 1. The molecular formula is C29H28N2O6. The smallest absolute Gasteiger partial charge is 0.338 e. The number of anilines is 1. The van der Waals surface area contributed by atoms with Gasteiger partial charge in [-0.1, -0.05) is 6.92 Å². The largest absolute Gasteiger partial charge is 0.507 e. The summed E-state index contributed by atoms with van der Waals surface area (Å²) in [5.41, 5.74) is 1.66. The highest BCUT2D eigenvalue weighted by Crippen LogP contribution is 2.42. The third-order valence-electron chi connectivity index (χ3n) is 5.79. The zero-order valence-electron chi connectivity index (χ0n) is 20.9. The normalized spacial score (nSPS) is 16.8. The Morgan fingerprint density at radius 1 is 0.973 bits per heavy atom. The van der Waals surface area contributed by atoms with Crippen molar-refractivity contribution in [3.8, 4) is 5.75 Å². The van der Waals surface area contributed by atoms with E-state index in [1.165, 1.54) is 17.0 Å². The first-order chi connectivity index (χ1) is 17.8. The van der Waals surface area contributed by atoms with Gasteiger partial charge in [-0.25, -0.2) is 4.79 Å². The van der Waals surface area contributed by atoms with E-state index in [0.717, 1.165) is 6.42 Å². The number of amides is 1. The van der Waals surface area contributed by atoms with Gasteiger partial charge in [0, 0.05) is 23.6 Å². The maximum absolute atomic E-state index is 13.3. The van der Waals surface area contributed by atoms with Crippen molar-refractivity contribution in [2.45, 2.75) is 39.3 Å². The Hall–Kier alpha value is -4.46. The van der Waals surface area contributed by atoms with Crippen molar-refractivity contribution in [3.05, 3.63) is 95.3 Å². The van der Waals surface area contributed by atoms with Crippen LogP contribution in [0.5, 0.6) is 5.75 Å². The van der Waals surface area contributed by atoms with Crippen molar-refractivity contribution in [1.29, 1.82) is 0 Å². The van der Waals surface area contributed by atoms with Crippen LogP contribution in [-0.2, 0) is 14.3 Å². The molecule has 8 nitrogen and oxygen atoms in total. The van der Waals surface area contributed by atoms with E-state index in [9.17, 15) is 19.5 Å². The molecule has 1 fully saturated rings. The second-order valence-corrected chi connectivity index (χ2v) is 8.82. The van der Waals surface area contributed by atoms with Gasteiger partial charge in [-0.3, -0.25) is 19.5 Å². The fraction of sp³-hybridized carbons (Fsp3) is 0.241. The van der Waals surface area contributed by atoms with E-state index in [0.29, 0.717) is 34.7 Å². The summed E-state index contributed by atoms with van der Waals surface area (Å²) < 4.78 is 10.8. The Bertz CT molecular complexity index is 1310. The van der Waals surface area contributed by atoms with Crippen molar-refractivity contribution in [2.24, 2.45) is 0 Å². The van der Waals surface area contributed by atoms with Crippen LogP contribution in [0.3, 0.4) is 0 Å². The summed E-state index contributed by atoms with van der Waals surface area (Å²) in [6, 6.07) is 15.4. The summed E-state index contributed by atoms with van der Waals surface area (Å²) in [6.45, 7) is 6.08. The summed E-state index contributed by atoms with van der Waals surface area (Å²) in [7, 11) is 0. The number of Topliss-reactive ketones (excluding diaryl/α,β-unsaturated/α-hetero) is 1. The quantitative estimate of drug-likeness (QED) is 0.199. The van der Waals surface area contributed by atoms with Crippen LogP contribution in [0.25, 0.3) is 5.76 Å². The van der Waals surface area contributed by atoms with Gasteiger partial charge in [0.15, 0.2) is 0 Å². The van der Waals surface area contributed by atoms with Crippen molar-refractivity contribution < 1.29 is 29.0 Å². The number of aliphatic hydroxyl groups excluding tert-OH is 1. The molecular weight excluding hydrogens is 472 g/mol. The van der Waals surface area contributed by atoms with Gasteiger partial charge < -0.3 is 14.6 Å². The molecule has 1 atom stereocenters. The first-order valence-electron chi connectivity index (χ1n) is 12.1. The number of ketones is 1. The fourth-order valence-electron chi connectivity index (χ4n) is 4.08. The minimum atomic E-state index is -0.896. The first kappa shape index (κ1) is 25.6. The Kier molecular flexibility index (Phi) is 7.67. The van der Waals surface area contributed by atoms with E-state index in [1.54, 1.807) is 74.8 Å². The third-order valence-corrected chi connectivity index (χ3v) is 5.79. The highest BCUT2D eigenvalue weighted by atomic mass is 16.5. The van der Waals surface area contributed by atoms with Crippen LogP contribution in [0, 0.1) is 0 Å². The fourth-order valence-corrected chi connectivity index (χ4v) is 4.08. The molecule has 1 unspecified atom stereocenters. The number of rotatable bonds is 8. The van der Waals surface area contributed by atoms with Gasteiger partial charge in [0.2, 0.25) is 0 Å². The van der Waals surface area contributed by atoms with E-state index < -0.39 is 23.7 Å². The van der Waals surface area contributed by atoms with Gasteiger partial charge in [0.1, 0.15) is 11.5 Å². The maximum Gasteiger partial charge on any atom is 0.338 e. The number of ether oxygens (including phenoxy) is 2. The number of carbonyl (C=O) groups excluding carboxylic acids is 3. The predicted molar refractivity (Wildman–Crippen MR) is 138 cm³/mol. The summed E-state index contributed by atoms with van der Waals surface area (Å²) in [6.07, 6.45) is 3.70. The van der Waals surface area contributed by atoms with Crippen molar-refractivity contribution >= 4 is 29.1 Å². The topological polar surface area (TPSA) is 106 Å². The summed E-state index contributed by atoms with van der Waals surface area (Å²) in [5.74, 6) is -1.74. The standard InChI is InChI=1S/C29H28N2O6/c1-4-17-36-23-11-7-20(8-12-23)26(32)24-25(19-13-15-30-16-14-19)31(28(34)27(24)33)22-9-5-21(6-10-22)29(35)37-18(2)3/h5-16,18,25,32H,4,17H2,1-3H3/b26-24+. The van der Waals surface area contributed by atoms with Gasteiger partial charge >= 0.3 is 5.97 Å². The summed E-state index contributed by atoms with van der Waals surface area (Å²) in [4.78, 5) is 44.2. The van der Waals surface area contributed by atoms with Crippen LogP contribution in [-0.4, -0.2) is 40.5 Å². The molecule has 1 aliphatic heterocycles. The number of hydrogen-bond acceptors (Lipinski definition) is 7. The molecule has 8 heteroatoms. The first-order valence-corrected chi connectivity index (χ1v) is 12.1. The Labute approximate surface area is 215 Å². The van der Waals surface area contributed by atoms with Crippen LogP contribution < -0.4 is 9.64 Å². The molecule has 2 heterocycles. The number of aromatic nitrogens is 1. The predicted octanol–water partition coefficient (Wildman–Crippen LogP) is 5.06. The van der Waals surface area contributed by atoms with Crippen molar-refractivity contribution in [2.75, 3.05) is 11.5 Å². The third kappa shape index (κ3) is 5.38. The number of nitrogens with zero attached hydrogens (tertiary/aromatic N) is 2. The van der Waals surface area contributed by atoms with Gasteiger partial charge in [0.05, 0.1) is 29.9 Å². The lowest BCUT2D eigenvalue weighted by molar-refractivity contribution is -0.132. The van der Waals surface area contributed by atoms with Gasteiger partial charge in [-0.15, -0.1) is 0 Å². The summed E-state index contributed by atoms with van der Waals surface area (Å²) in [5, 5.41) is 11.2. The van der Waals surface area contributed by atoms with Gasteiger partial charge in [-0.05, 0) is 86.5 Å². The van der Waals surface area contributed by atoms with E-state index >= 15 is 0 Å². The SMILES string of the molecule is CCCOc1ccc(/C(O)=C2\C(=O)C(=O)N(c3ccc(C(=O)OC(C)C)cc3)C2c2ccncc2)cc1. The lowest BCUT2D eigenvalue weighted by Crippen LogP contribution is -2.29. The molecule has 1 aromatic heterocycles. The van der Waals surface area contributed by atoms with Crippen LogP contribution in [0.2, 0.25) is 0 Å². The molecule has 0 spiro atoms. The lowest BCUT2D eigenvalue weighted by Gasteiger charge is -2.25. The summed E-state index contributed by atoms with van der Waals surface area (Å²) >= 11 is 0. The maximum atomic E-state index is 13.3. The van der Waals surface area contributed by atoms with Crippen LogP contribution >= 0.6 is 0 Å². The molecule has 1 N–H and O–H groups in total. The molecule has 4 rings (SSSR count). The number of carbonyl (C=O) groups is 3. The van der Waals surface area contributed by atoms with Crippen molar-refractivity contribution in [1.82, 2.24) is 4.98 Å². The zero-order valence-corrected chi connectivity index (χ0v) is 20.9. The highest BCUT2D eigenvalue weighted by Gasteiger charge is 2.47. The molecule has 0 bridgehead atoms. The van der Waals surface area contributed by atoms with E-state index in [-0.39, 0.29) is 17.4 Å². The van der Waals surface area contributed by atoms with Crippen molar-refractivity contribution in [3.63, 3.8) is 0 Å². The van der Waals surface area contributed by atoms with E-state index in [1.807, 2.05) is 6.92 Å². The Balaban J connectivity index is 1.76. The number of benzene rings is 2. The van der Waals surface area contributed by atoms with Crippen LogP contribution in [0.1, 0.15) is 54.7 Å². The molecule has 1 saturated heterocycles. The minimum Gasteiger partial charge on any atom is -0.507 e. The lowest BCUT2D eigenvalue weighted by atomic mass is 9.95. The number of aliphatic hydroxyl groups is 1. The number of esters is 1. The molecule has 0 aliphatic carbocycles. The minimum absolute atomic E-state index is 0.0401. The number of pyridine rings is 1. The van der Waals surface area contributed by atoms with Gasteiger partial charge in [-0.2, -0.15) is 0 Å². The molecule has 0 radical (unpaired) electrons. The highest BCUT2D eigenvalue weighted by molar-refractivity contribution is 6.51. The second-order valence-electron chi connectivity index (χ2n) is 8.82. The van der Waals surface area contributed by atoms with E-state index in [4.69, 9.17) is 9.47 Å². The average molecular weight is 501 g/mol. The van der Waals surface area contributed by atoms with Gasteiger partial charge in [0.25, 0.3) is 11.7 Å². The monoisotopic (exact) mass is 500 g/mol. The molecule has 37 heavy (non-hydrogen) atoms. The average Bonchev–Trinajstić information content (AvgIpc) is 3.17. The molecule has 1 aliphatic rings. The Morgan fingerprint density at radius 3 is 2.19 bits per heavy atom. The zero-order chi connectivity index (χ0) is 26.5. The second kappa shape index (κ2) is 11.1. The van der Waals surface area contributed by atoms with E-state index in [2.05, 4.69) is 4.98 Å². The van der Waals surface area contributed by atoms with Crippen LogP contribution in [0.15, 0.2) is 78.6 Å².